The monoisotopic (exact) mass is 310 g/mol. The number of para-hydroxylation sites is 1. The van der Waals surface area contributed by atoms with Gasteiger partial charge in [-0.15, -0.1) is 0 Å². The van der Waals surface area contributed by atoms with E-state index >= 15 is 0 Å². The van der Waals surface area contributed by atoms with E-state index in [0.717, 1.165) is 10.9 Å². The van der Waals surface area contributed by atoms with Crippen molar-refractivity contribution in [3.05, 3.63) is 70.8 Å². The summed E-state index contributed by atoms with van der Waals surface area (Å²) in [6.07, 6.45) is 1.50. The number of fused-ring (bicyclic) bond motifs is 1. The van der Waals surface area contributed by atoms with Gasteiger partial charge in [-0.25, -0.2) is 0 Å². The Kier molecular flexibility index (Phi) is 3.92. The van der Waals surface area contributed by atoms with E-state index in [2.05, 4.69) is 15.8 Å². The minimum atomic E-state index is -0.497. The standard InChI is InChI=1S/C16H14N4O3/c21-14(10-20-8-4-3-7-15(20)22)18-19-16(23)13-9-11-5-1-2-6-12(11)17-13/h1-9,17H,10H2,(H,18,21)(H,19,23). The van der Waals surface area contributed by atoms with Crippen LogP contribution in [0.15, 0.2) is 59.5 Å². The summed E-state index contributed by atoms with van der Waals surface area (Å²) in [5, 5.41) is 0.903. The molecule has 0 saturated heterocycles. The summed E-state index contributed by atoms with van der Waals surface area (Å²) in [7, 11) is 0. The third-order valence-corrected chi connectivity index (χ3v) is 3.30. The average Bonchev–Trinajstić information content (AvgIpc) is 2.99. The summed E-state index contributed by atoms with van der Waals surface area (Å²) in [4.78, 5) is 38.3. The van der Waals surface area contributed by atoms with Gasteiger partial charge in [0, 0.05) is 23.2 Å². The van der Waals surface area contributed by atoms with Crippen LogP contribution in [-0.2, 0) is 11.3 Å². The Labute approximate surface area is 130 Å². The number of amides is 2. The molecule has 3 N–H and O–H groups in total. The van der Waals surface area contributed by atoms with E-state index < -0.39 is 11.8 Å². The van der Waals surface area contributed by atoms with E-state index in [4.69, 9.17) is 0 Å². The number of nitrogens with zero attached hydrogens (tertiary/aromatic N) is 1. The van der Waals surface area contributed by atoms with Crippen molar-refractivity contribution in [3.8, 4) is 0 Å². The fourth-order valence-corrected chi connectivity index (χ4v) is 2.18. The van der Waals surface area contributed by atoms with Crippen molar-refractivity contribution >= 4 is 22.7 Å². The smallest absolute Gasteiger partial charge is 0.286 e. The maximum absolute atomic E-state index is 12.0. The highest BCUT2D eigenvalue weighted by Crippen LogP contribution is 2.14. The Morgan fingerprint density at radius 3 is 2.61 bits per heavy atom. The second-order valence-corrected chi connectivity index (χ2v) is 4.94. The third kappa shape index (κ3) is 3.29. The second-order valence-electron chi connectivity index (χ2n) is 4.94. The van der Waals surface area contributed by atoms with Crippen molar-refractivity contribution < 1.29 is 9.59 Å². The molecule has 0 spiro atoms. The van der Waals surface area contributed by atoms with Crippen LogP contribution in [0.2, 0.25) is 0 Å². The first-order valence-corrected chi connectivity index (χ1v) is 6.96. The van der Waals surface area contributed by atoms with E-state index in [1.807, 2.05) is 24.3 Å². The van der Waals surface area contributed by atoms with Crippen molar-refractivity contribution in [1.82, 2.24) is 20.4 Å². The molecular weight excluding hydrogens is 296 g/mol. The van der Waals surface area contributed by atoms with Crippen LogP contribution < -0.4 is 16.4 Å². The number of hydrogen-bond donors (Lipinski definition) is 3. The highest BCUT2D eigenvalue weighted by atomic mass is 16.2. The molecule has 0 aliphatic heterocycles. The fourth-order valence-electron chi connectivity index (χ4n) is 2.18. The lowest BCUT2D eigenvalue weighted by molar-refractivity contribution is -0.122. The number of pyridine rings is 1. The lowest BCUT2D eigenvalue weighted by Crippen LogP contribution is -2.44. The van der Waals surface area contributed by atoms with Crippen LogP contribution in [0.25, 0.3) is 10.9 Å². The van der Waals surface area contributed by atoms with Gasteiger partial charge < -0.3 is 9.55 Å². The van der Waals surface area contributed by atoms with Gasteiger partial charge in [-0.05, 0) is 18.2 Å². The van der Waals surface area contributed by atoms with Crippen LogP contribution in [-0.4, -0.2) is 21.4 Å². The highest BCUT2D eigenvalue weighted by Gasteiger charge is 2.10. The molecular formula is C16H14N4O3. The van der Waals surface area contributed by atoms with Gasteiger partial charge in [-0.3, -0.25) is 25.2 Å². The fraction of sp³-hybridized carbons (Fsp3) is 0.0625. The minimum Gasteiger partial charge on any atom is -0.350 e. The van der Waals surface area contributed by atoms with Crippen molar-refractivity contribution in [3.63, 3.8) is 0 Å². The number of carbonyl (C=O) groups excluding carboxylic acids is 2. The lowest BCUT2D eigenvalue weighted by Gasteiger charge is -2.07. The molecule has 23 heavy (non-hydrogen) atoms. The molecule has 116 valence electrons. The van der Waals surface area contributed by atoms with Gasteiger partial charge in [0.15, 0.2) is 0 Å². The molecule has 3 aromatic rings. The molecule has 0 radical (unpaired) electrons. The number of hydrogen-bond acceptors (Lipinski definition) is 3. The summed E-state index contributed by atoms with van der Waals surface area (Å²) >= 11 is 0. The number of aromatic amines is 1. The number of hydrazine groups is 1. The van der Waals surface area contributed by atoms with Crippen LogP contribution in [0.5, 0.6) is 0 Å². The number of nitrogens with one attached hydrogen (secondary N) is 3. The Hall–Kier alpha value is -3.35. The van der Waals surface area contributed by atoms with Gasteiger partial charge in [0.05, 0.1) is 0 Å². The summed E-state index contributed by atoms with van der Waals surface area (Å²) in [5.41, 5.74) is 5.48. The number of H-pyrrole nitrogens is 1. The van der Waals surface area contributed by atoms with Crippen molar-refractivity contribution in [2.24, 2.45) is 0 Å². The summed E-state index contributed by atoms with van der Waals surface area (Å²) in [6.45, 7) is -0.174. The zero-order chi connectivity index (χ0) is 16.2. The van der Waals surface area contributed by atoms with E-state index in [0.29, 0.717) is 5.69 Å². The molecule has 0 fully saturated rings. The summed E-state index contributed by atoms with van der Waals surface area (Å²) in [6, 6.07) is 13.8. The maximum Gasteiger partial charge on any atom is 0.286 e. The van der Waals surface area contributed by atoms with Crippen molar-refractivity contribution in [1.29, 1.82) is 0 Å². The molecule has 2 aromatic heterocycles. The van der Waals surface area contributed by atoms with Crippen molar-refractivity contribution in [2.75, 3.05) is 0 Å². The molecule has 2 amide bonds. The molecule has 0 bridgehead atoms. The topological polar surface area (TPSA) is 96.0 Å². The quantitative estimate of drug-likeness (QED) is 0.624. The maximum atomic E-state index is 12.0. The van der Waals surface area contributed by atoms with E-state index in [9.17, 15) is 14.4 Å². The van der Waals surface area contributed by atoms with E-state index in [-0.39, 0.29) is 12.1 Å². The van der Waals surface area contributed by atoms with Crippen LogP contribution in [0.3, 0.4) is 0 Å². The molecule has 0 aliphatic rings. The number of benzene rings is 1. The van der Waals surface area contributed by atoms with Gasteiger partial charge in [0.25, 0.3) is 17.4 Å². The first-order valence-electron chi connectivity index (χ1n) is 6.96. The van der Waals surface area contributed by atoms with Gasteiger partial charge in [0.1, 0.15) is 12.2 Å². The predicted molar refractivity (Wildman–Crippen MR) is 84.6 cm³/mol. The SMILES string of the molecule is O=C(Cn1ccccc1=O)NNC(=O)c1cc2ccccc2[nH]1. The number of carbonyl (C=O) groups is 2. The predicted octanol–water partition coefficient (Wildman–Crippen LogP) is 0.791. The van der Waals surface area contributed by atoms with Crippen LogP contribution in [0, 0.1) is 0 Å². The molecule has 2 heterocycles. The van der Waals surface area contributed by atoms with Gasteiger partial charge in [0.2, 0.25) is 0 Å². The summed E-state index contributed by atoms with van der Waals surface area (Å²) < 4.78 is 1.24. The highest BCUT2D eigenvalue weighted by molar-refractivity contribution is 5.98. The molecule has 0 atom stereocenters. The molecule has 1 aromatic carbocycles. The number of aromatic nitrogens is 2. The van der Waals surface area contributed by atoms with Gasteiger partial charge in [-0.1, -0.05) is 24.3 Å². The number of rotatable bonds is 3. The third-order valence-electron chi connectivity index (χ3n) is 3.30. The first-order chi connectivity index (χ1) is 11.1. The Bertz CT molecular complexity index is 893. The second kappa shape index (κ2) is 6.18. The van der Waals surface area contributed by atoms with Crippen molar-refractivity contribution in [2.45, 2.75) is 6.54 Å². The Morgan fingerprint density at radius 1 is 1.04 bits per heavy atom. The molecule has 0 unspecified atom stereocenters. The van der Waals surface area contributed by atoms with E-state index in [1.165, 1.54) is 16.8 Å². The molecule has 0 aliphatic carbocycles. The molecule has 0 saturated carbocycles. The molecule has 7 nitrogen and oxygen atoms in total. The van der Waals surface area contributed by atoms with Gasteiger partial charge in [-0.2, -0.15) is 0 Å². The average molecular weight is 310 g/mol. The zero-order valence-corrected chi connectivity index (χ0v) is 12.1. The normalized spacial score (nSPS) is 10.4. The first kappa shape index (κ1) is 14.6. The van der Waals surface area contributed by atoms with Crippen LogP contribution in [0.4, 0.5) is 0 Å². The largest absolute Gasteiger partial charge is 0.350 e. The minimum absolute atomic E-state index is 0.174. The molecule has 3 rings (SSSR count). The Balaban J connectivity index is 1.61. The van der Waals surface area contributed by atoms with Crippen LogP contribution >= 0.6 is 0 Å². The van der Waals surface area contributed by atoms with E-state index in [1.54, 1.807) is 18.2 Å². The van der Waals surface area contributed by atoms with Crippen LogP contribution in [0.1, 0.15) is 10.5 Å². The Morgan fingerprint density at radius 2 is 1.83 bits per heavy atom. The lowest BCUT2D eigenvalue weighted by atomic mass is 10.2. The summed E-state index contributed by atoms with van der Waals surface area (Å²) in [5.74, 6) is -0.960. The van der Waals surface area contributed by atoms with Gasteiger partial charge >= 0.3 is 0 Å². The molecule has 7 heteroatoms. The zero-order valence-electron chi connectivity index (χ0n) is 12.1.